The van der Waals surface area contributed by atoms with E-state index in [-0.39, 0.29) is 28.8 Å². The molecule has 0 bridgehead atoms. The largest absolute Gasteiger partial charge is 0.348 e. The summed E-state index contributed by atoms with van der Waals surface area (Å²) in [6.45, 7) is 2.19. The number of aryl methyl sites for hydroxylation is 1. The second-order valence-electron chi connectivity index (χ2n) is 7.00. The first-order valence-electron chi connectivity index (χ1n) is 9.28. The molecule has 3 rings (SSSR count). The Balaban J connectivity index is 1.65. The molecule has 0 fully saturated rings. The van der Waals surface area contributed by atoms with Gasteiger partial charge in [0.25, 0.3) is 11.8 Å². The fraction of sp³-hybridized carbons (Fsp3) is 0.130. The molecule has 2 N–H and O–H groups in total. The Kier molecular flexibility index (Phi) is 6.32. The van der Waals surface area contributed by atoms with Crippen LogP contribution in [0.25, 0.3) is 0 Å². The lowest BCUT2D eigenvalue weighted by atomic mass is 10.1. The van der Waals surface area contributed by atoms with Crippen molar-refractivity contribution in [2.45, 2.75) is 18.4 Å². The zero-order valence-corrected chi connectivity index (χ0v) is 17.5. The van der Waals surface area contributed by atoms with Crippen LogP contribution in [0.2, 0.25) is 0 Å². The molecule has 0 aromatic heterocycles. The quantitative estimate of drug-likeness (QED) is 0.635. The summed E-state index contributed by atoms with van der Waals surface area (Å²) in [5.74, 6) is -0.594. The smallest absolute Gasteiger partial charge is 0.255 e. The van der Waals surface area contributed by atoms with Crippen molar-refractivity contribution in [2.75, 3.05) is 11.6 Å². The Morgan fingerprint density at radius 2 is 1.53 bits per heavy atom. The average Bonchev–Trinajstić information content (AvgIpc) is 2.72. The molecule has 3 aromatic carbocycles. The summed E-state index contributed by atoms with van der Waals surface area (Å²) in [6, 6.07) is 20.3. The monoisotopic (exact) mass is 422 g/mol. The molecule has 0 aliphatic heterocycles. The molecule has 0 aliphatic carbocycles. The number of anilines is 1. The number of carbonyl (C=O) groups excluding carboxylic acids is 2. The van der Waals surface area contributed by atoms with E-state index >= 15 is 0 Å². The molecule has 0 aliphatic rings. The van der Waals surface area contributed by atoms with Gasteiger partial charge < -0.3 is 10.6 Å². The van der Waals surface area contributed by atoms with Gasteiger partial charge in [0.05, 0.1) is 4.90 Å². The Morgan fingerprint density at radius 1 is 0.833 bits per heavy atom. The van der Waals surface area contributed by atoms with Gasteiger partial charge in [-0.05, 0) is 55.0 Å². The molecule has 0 atom stereocenters. The Bertz CT molecular complexity index is 1190. The summed E-state index contributed by atoms with van der Waals surface area (Å²) < 4.78 is 23.3. The minimum atomic E-state index is -3.39. The zero-order chi connectivity index (χ0) is 21.7. The predicted molar refractivity (Wildman–Crippen MR) is 116 cm³/mol. The van der Waals surface area contributed by atoms with Crippen LogP contribution in [0.4, 0.5) is 5.69 Å². The molecule has 7 heteroatoms. The van der Waals surface area contributed by atoms with Crippen LogP contribution in [0.5, 0.6) is 0 Å². The third-order valence-corrected chi connectivity index (χ3v) is 5.59. The number of benzene rings is 3. The van der Waals surface area contributed by atoms with Crippen molar-refractivity contribution >= 4 is 27.3 Å². The molecular weight excluding hydrogens is 400 g/mol. The van der Waals surface area contributed by atoms with Crippen LogP contribution in [0.1, 0.15) is 31.8 Å². The van der Waals surface area contributed by atoms with Crippen LogP contribution in [0, 0.1) is 6.92 Å². The number of hydrogen-bond donors (Lipinski definition) is 2. The minimum Gasteiger partial charge on any atom is -0.348 e. The highest BCUT2D eigenvalue weighted by Gasteiger charge is 2.12. The first-order chi connectivity index (χ1) is 14.2. The lowest BCUT2D eigenvalue weighted by Gasteiger charge is -2.09. The Hall–Kier alpha value is -3.45. The van der Waals surface area contributed by atoms with E-state index in [4.69, 9.17) is 0 Å². The van der Waals surface area contributed by atoms with Gasteiger partial charge in [-0.25, -0.2) is 8.42 Å². The third-order valence-electron chi connectivity index (χ3n) is 4.48. The lowest BCUT2D eigenvalue weighted by Crippen LogP contribution is -2.23. The predicted octanol–water partition coefficient (Wildman–Crippen LogP) is 3.58. The van der Waals surface area contributed by atoms with Crippen LogP contribution in [-0.4, -0.2) is 26.5 Å². The molecule has 0 heterocycles. The highest BCUT2D eigenvalue weighted by molar-refractivity contribution is 7.90. The van der Waals surface area contributed by atoms with E-state index in [1.165, 1.54) is 18.2 Å². The molecule has 0 spiro atoms. The molecule has 154 valence electrons. The maximum absolute atomic E-state index is 12.4. The van der Waals surface area contributed by atoms with Crippen molar-refractivity contribution in [3.8, 4) is 0 Å². The summed E-state index contributed by atoms with van der Waals surface area (Å²) in [5.41, 5.74) is 3.31. The Labute approximate surface area is 175 Å². The van der Waals surface area contributed by atoms with Crippen molar-refractivity contribution < 1.29 is 18.0 Å². The van der Waals surface area contributed by atoms with Crippen molar-refractivity contribution in [1.82, 2.24) is 5.32 Å². The SMILES string of the molecule is Cc1ccc(C(=O)Nc2cccc(CNC(=O)c3cccc(S(C)(=O)=O)c3)c2)cc1. The van der Waals surface area contributed by atoms with Crippen molar-refractivity contribution in [3.63, 3.8) is 0 Å². The van der Waals surface area contributed by atoms with Crippen LogP contribution < -0.4 is 10.6 Å². The number of hydrogen-bond acceptors (Lipinski definition) is 4. The van der Waals surface area contributed by atoms with Gasteiger partial charge in [0.1, 0.15) is 0 Å². The van der Waals surface area contributed by atoms with Gasteiger partial charge in [0, 0.05) is 29.6 Å². The van der Waals surface area contributed by atoms with E-state index in [2.05, 4.69) is 10.6 Å². The maximum atomic E-state index is 12.4. The van der Waals surface area contributed by atoms with Crippen LogP contribution in [0.15, 0.2) is 77.7 Å². The maximum Gasteiger partial charge on any atom is 0.255 e. The number of carbonyl (C=O) groups is 2. The van der Waals surface area contributed by atoms with Crippen LogP contribution in [-0.2, 0) is 16.4 Å². The van der Waals surface area contributed by atoms with E-state index < -0.39 is 9.84 Å². The first-order valence-corrected chi connectivity index (χ1v) is 11.2. The van der Waals surface area contributed by atoms with E-state index in [0.29, 0.717) is 11.3 Å². The molecule has 0 saturated carbocycles. The zero-order valence-electron chi connectivity index (χ0n) is 16.7. The normalized spacial score (nSPS) is 11.0. The standard InChI is InChI=1S/C23H22N2O4S/c1-16-9-11-18(12-10-16)23(27)25-20-7-3-5-17(13-20)15-24-22(26)19-6-4-8-21(14-19)30(2,28)29/h3-14H,15H2,1-2H3,(H,24,26)(H,25,27). The summed E-state index contributed by atoms with van der Waals surface area (Å²) in [6.07, 6.45) is 1.10. The highest BCUT2D eigenvalue weighted by Crippen LogP contribution is 2.14. The van der Waals surface area contributed by atoms with E-state index in [0.717, 1.165) is 17.4 Å². The fourth-order valence-electron chi connectivity index (χ4n) is 2.82. The lowest BCUT2D eigenvalue weighted by molar-refractivity contribution is 0.0949. The second kappa shape index (κ2) is 8.92. The minimum absolute atomic E-state index is 0.0935. The van der Waals surface area contributed by atoms with E-state index in [9.17, 15) is 18.0 Å². The topological polar surface area (TPSA) is 92.3 Å². The molecule has 3 aromatic rings. The van der Waals surface area contributed by atoms with Gasteiger partial charge >= 0.3 is 0 Å². The summed E-state index contributed by atoms with van der Waals surface area (Å²) >= 11 is 0. The van der Waals surface area contributed by atoms with Crippen molar-refractivity contribution in [1.29, 1.82) is 0 Å². The number of sulfone groups is 1. The molecule has 2 amide bonds. The number of rotatable bonds is 6. The van der Waals surface area contributed by atoms with Crippen LogP contribution >= 0.6 is 0 Å². The summed E-state index contributed by atoms with van der Waals surface area (Å²) in [4.78, 5) is 24.9. The van der Waals surface area contributed by atoms with Gasteiger partial charge in [0.15, 0.2) is 9.84 Å². The van der Waals surface area contributed by atoms with Gasteiger partial charge in [-0.2, -0.15) is 0 Å². The van der Waals surface area contributed by atoms with Gasteiger partial charge in [-0.1, -0.05) is 35.9 Å². The first kappa shape index (κ1) is 21.3. The number of amides is 2. The Morgan fingerprint density at radius 3 is 2.23 bits per heavy atom. The summed E-state index contributed by atoms with van der Waals surface area (Å²) in [7, 11) is -3.39. The highest BCUT2D eigenvalue weighted by atomic mass is 32.2. The molecule has 0 unspecified atom stereocenters. The van der Waals surface area contributed by atoms with Gasteiger partial charge in [0.2, 0.25) is 0 Å². The van der Waals surface area contributed by atoms with Crippen molar-refractivity contribution in [3.05, 3.63) is 95.1 Å². The second-order valence-corrected chi connectivity index (χ2v) is 9.02. The molecular formula is C23H22N2O4S. The van der Waals surface area contributed by atoms with Gasteiger partial charge in [-0.3, -0.25) is 9.59 Å². The van der Waals surface area contributed by atoms with Crippen molar-refractivity contribution in [2.24, 2.45) is 0 Å². The number of nitrogens with one attached hydrogen (secondary N) is 2. The average molecular weight is 423 g/mol. The van der Waals surface area contributed by atoms with E-state index in [1.54, 1.807) is 36.4 Å². The van der Waals surface area contributed by atoms with E-state index in [1.807, 2.05) is 25.1 Å². The summed E-state index contributed by atoms with van der Waals surface area (Å²) in [5, 5.41) is 5.61. The van der Waals surface area contributed by atoms with Crippen LogP contribution in [0.3, 0.4) is 0 Å². The van der Waals surface area contributed by atoms with Gasteiger partial charge in [-0.15, -0.1) is 0 Å². The third kappa shape index (κ3) is 5.55. The molecule has 0 saturated heterocycles. The molecule has 0 radical (unpaired) electrons. The molecule has 6 nitrogen and oxygen atoms in total. The molecule has 30 heavy (non-hydrogen) atoms. The fourth-order valence-corrected chi connectivity index (χ4v) is 3.49.